The summed E-state index contributed by atoms with van der Waals surface area (Å²) in [7, 11) is 1.80. The normalized spacial score (nSPS) is 13.7. The number of fused-ring (bicyclic) bond motifs is 1. The molecule has 3 aromatic rings. The van der Waals surface area contributed by atoms with Crippen molar-refractivity contribution < 1.29 is 14.3 Å². The number of amides is 1. The number of ether oxygens (including phenoxy) is 2. The van der Waals surface area contributed by atoms with Gasteiger partial charge in [0.05, 0.1) is 19.8 Å². The number of morpholine rings is 1. The van der Waals surface area contributed by atoms with E-state index in [1.54, 1.807) is 11.9 Å². The van der Waals surface area contributed by atoms with Gasteiger partial charge in [-0.2, -0.15) is 0 Å². The number of aryl methyl sites for hydroxylation is 1. The Morgan fingerprint density at radius 1 is 1.17 bits per heavy atom. The minimum absolute atomic E-state index is 0.0320. The summed E-state index contributed by atoms with van der Waals surface area (Å²) >= 11 is 0. The molecule has 0 unspecified atom stereocenters. The van der Waals surface area contributed by atoms with Gasteiger partial charge in [0, 0.05) is 49.9 Å². The summed E-state index contributed by atoms with van der Waals surface area (Å²) in [4.78, 5) is 37.0. The number of benzene rings is 2. The Morgan fingerprint density at radius 3 is 2.69 bits per heavy atom. The van der Waals surface area contributed by atoms with Crippen molar-refractivity contribution in [3.8, 4) is 5.75 Å². The maximum atomic E-state index is 13.0. The summed E-state index contributed by atoms with van der Waals surface area (Å²) in [6.07, 6.45) is 1.48. The summed E-state index contributed by atoms with van der Waals surface area (Å²) in [5.41, 5.74) is 2.03. The highest BCUT2D eigenvalue weighted by Gasteiger charge is 2.19. The van der Waals surface area contributed by atoms with Gasteiger partial charge < -0.3 is 19.3 Å². The van der Waals surface area contributed by atoms with E-state index in [1.807, 2.05) is 36.1 Å². The number of carbonyl (C=O) groups is 1. The second-order valence-electron chi connectivity index (χ2n) is 8.91. The number of aromatic nitrogens is 2. The van der Waals surface area contributed by atoms with Gasteiger partial charge in [-0.05, 0) is 36.6 Å². The van der Waals surface area contributed by atoms with Gasteiger partial charge >= 0.3 is 0 Å². The highest BCUT2D eigenvalue weighted by Crippen LogP contribution is 2.29. The molecule has 186 valence electrons. The zero-order valence-corrected chi connectivity index (χ0v) is 20.8. The van der Waals surface area contributed by atoms with Gasteiger partial charge in [0.15, 0.2) is 0 Å². The predicted molar refractivity (Wildman–Crippen MR) is 137 cm³/mol. The Morgan fingerprint density at radius 2 is 1.94 bits per heavy atom. The van der Waals surface area contributed by atoms with Crippen molar-refractivity contribution in [3.05, 3.63) is 63.6 Å². The SMILES string of the molecule is CCCOc1ccc2ccccc2c1CN(C)C(=O)CCc1c(C)nc(N2CCOCC2)[nH]c1=O. The highest BCUT2D eigenvalue weighted by molar-refractivity contribution is 5.88. The van der Waals surface area contributed by atoms with Gasteiger partial charge in [-0.15, -0.1) is 0 Å². The fourth-order valence-corrected chi connectivity index (χ4v) is 4.39. The molecule has 1 aliphatic rings. The van der Waals surface area contributed by atoms with Crippen LogP contribution in [0, 0.1) is 6.92 Å². The second kappa shape index (κ2) is 11.4. The van der Waals surface area contributed by atoms with Crippen LogP contribution in [0.1, 0.15) is 36.6 Å². The molecule has 0 saturated carbocycles. The molecule has 0 bridgehead atoms. The first-order chi connectivity index (χ1) is 17.0. The van der Waals surface area contributed by atoms with Crippen LogP contribution >= 0.6 is 0 Å². The van der Waals surface area contributed by atoms with Crippen LogP contribution in [0.4, 0.5) is 5.95 Å². The van der Waals surface area contributed by atoms with Crippen LogP contribution in [0.2, 0.25) is 0 Å². The number of carbonyl (C=O) groups excluding carboxylic acids is 1. The third-order valence-electron chi connectivity index (χ3n) is 6.39. The highest BCUT2D eigenvalue weighted by atomic mass is 16.5. The standard InChI is InChI=1S/C27H34N4O4/c1-4-15-35-24-11-9-20-7-5-6-8-22(20)23(24)18-30(3)25(32)12-10-21-19(2)28-27(29-26(21)33)31-13-16-34-17-14-31/h5-9,11H,4,10,12-18H2,1-3H3,(H,28,29,33). The molecule has 35 heavy (non-hydrogen) atoms. The van der Waals surface area contributed by atoms with E-state index >= 15 is 0 Å². The lowest BCUT2D eigenvalue weighted by atomic mass is 10.0. The molecule has 2 heterocycles. The third kappa shape index (κ3) is 5.82. The third-order valence-corrected chi connectivity index (χ3v) is 6.39. The van der Waals surface area contributed by atoms with Crippen LogP contribution in [-0.4, -0.2) is 60.7 Å². The number of anilines is 1. The fraction of sp³-hybridized carbons (Fsp3) is 0.444. The maximum absolute atomic E-state index is 13.0. The van der Waals surface area contributed by atoms with Gasteiger partial charge in [-0.1, -0.05) is 37.3 Å². The largest absolute Gasteiger partial charge is 0.493 e. The summed E-state index contributed by atoms with van der Waals surface area (Å²) in [6.45, 7) is 7.59. The van der Waals surface area contributed by atoms with Gasteiger partial charge in [0.2, 0.25) is 11.9 Å². The van der Waals surface area contributed by atoms with Crippen molar-refractivity contribution in [2.24, 2.45) is 0 Å². The molecule has 0 aliphatic carbocycles. The lowest BCUT2D eigenvalue weighted by Gasteiger charge is -2.27. The Hall–Kier alpha value is -3.39. The molecule has 1 amide bonds. The first-order valence-electron chi connectivity index (χ1n) is 12.3. The van der Waals surface area contributed by atoms with Gasteiger partial charge in [0.1, 0.15) is 5.75 Å². The predicted octanol–water partition coefficient (Wildman–Crippen LogP) is 3.45. The molecule has 1 N–H and O–H groups in total. The fourth-order valence-electron chi connectivity index (χ4n) is 4.39. The molecule has 1 fully saturated rings. The van der Waals surface area contributed by atoms with E-state index in [0.717, 1.165) is 28.5 Å². The topological polar surface area (TPSA) is 87.8 Å². The number of H-pyrrole nitrogens is 1. The van der Waals surface area contributed by atoms with Crippen LogP contribution < -0.4 is 15.2 Å². The second-order valence-corrected chi connectivity index (χ2v) is 8.91. The molecule has 1 aliphatic heterocycles. The quantitative estimate of drug-likeness (QED) is 0.507. The minimum atomic E-state index is -0.182. The maximum Gasteiger partial charge on any atom is 0.255 e. The van der Waals surface area contributed by atoms with Crippen LogP contribution in [0.15, 0.2) is 41.2 Å². The summed E-state index contributed by atoms with van der Waals surface area (Å²) < 4.78 is 11.4. The summed E-state index contributed by atoms with van der Waals surface area (Å²) in [5.74, 6) is 1.34. The number of hydrogen-bond acceptors (Lipinski definition) is 6. The zero-order valence-electron chi connectivity index (χ0n) is 20.8. The van der Waals surface area contributed by atoms with E-state index in [9.17, 15) is 9.59 Å². The van der Waals surface area contributed by atoms with Crippen molar-refractivity contribution in [3.63, 3.8) is 0 Å². The molecular formula is C27H34N4O4. The number of hydrogen-bond donors (Lipinski definition) is 1. The number of nitrogens with one attached hydrogen (secondary N) is 1. The first kappa shape index (κ1) is 24.7. The molecule has 0 atom stereocenters. The van der Waals surface area contributed by atoms with Gasteiger partial charge in [-0.3, -0.25) is 14.6 Å². The zero-order chi connectivity index (χ0) is 24.8. The minimum Gasteiger partial charge on any atom is -0.493 e. The molecule has 0 radical (unpaired) electrons. The molecule has 8 nitrogen and oxygen atoms in total. The van der Waals surface area contributed by atoms with E-state index in [0.29, 0.717) is 63.1 Å². The van der Waals surface area contributed by atoms with Crippen molar-refractivity contribution in [2.75, 3.05) is 44.9 Å². The molecular weight excluding hydrogens is 444 g/mol. The molecule has 1 saturated heterocycles. The summed E-state index contributed by atoms with van der Waals surface area (Å²) in [6, 6.07) is 12.2. The van der Waals surface area contributed by atoms with Crippen molar-refractivity contribution in [2.45, 2.75) is 39.7 Å². The van der Waals surface area contributed by atoms with E-state index in [1.165, 1.54) is 0 Å². The van der Waals surface area contributed by atoms with Gasteiger partial charge in [-0.25, -0.2) is 4.98 Å². The van der Waals surface area contributed by atoms with Crippen LogP contribution in [-0.2, 0) is 22.5 Å². The van der Waals surface area contributed by atoms with E-state index in [2.05, 4.69) is 29.0 Å². The van der Waals surface area contributed by atoms with Crippen LogP contribution in [0.5, 0.6) is 5.75 Å². The van der Waals surface area contributed by atoms with Crippen LogP contribution in [0.25, 0.3) is 10.8 Å². The van der Waals surface area contributed by atoms with E-state index < -0.39 is 0 Å². The number of aromatic amines is 1. The molecule has 2 aromatic carbocycles. The molecule has 1 aromatic heterocycles. The molecule has 0 spiro atoms. The summed E-state index contributed by atoms with van der Waals surface area (Å²) in [5, 5.41) is 2.19. The van der Waals surface area contributed by atoms with Crippen LogP contribution in [0.3, 0.4) is 0 Å². The Bertz CT molecular complexity index is 1230. The number of nitrogens with zero attached hydrogens (tertiary/aromatic N) is 3. The van der Waals surface area contributed by atoms with E-state index in [4.69, 9.17) is 9.47 Å². The number of rotatable bonds is 9. The molecule has 8 heteroatoms. The Kier molecular flexibility index (Phi) is 8.02. The van der Waals surface area contributed by atoms with E-state index in [-0.39, 0.29) is 17.9 Å². The van der Waals surface area contributed by atoms with Crippen molar-refractivity contribution in [1.29, 1.82) is 0 Å². The van der Waals surface area contributed by atoms with Gasteiger partial charge in [0.25, 0.3) is 5.56 Å². The monoisotopic (exact) mass is 478 g/mol. The lowest BCUT2D eigenvalue weighted by molar-refractivity contribution is -0.130. The Balaban J connectivity index is 1.46. The van der Waals surface area contributed by atoms with Crippen molar-refractivity contribution >= 4 is 22.6 Å². The van der Waals surface area contributed by atoms with Crippen molar-refractivity contribution in [1.82, 2.24) is 14.9 Å². The lowest BCUT2D eigenvalue weighted by Crippen LogP contribution is -2.38. The average molecular weight is 479 g/mol. The first-order valence-corrected chi connectivity index (χ1v) is 12.3. The molecule has 4 rings (SSSR count). The average Bonchev–Trinajstić information content (AvgIpc) is 2.88. The Labute approximate surface area is 205 Å². The smallest absolute Gasteiger partial charge is 0.255 e.